The smallest absolute Gasteiger partial charge is 0.305 e. The highest BCUT2D eigenvalue weighted by molar-refractivity contribution is 7.99. The average molecular weight is 1790 g/mol. The Morgan fingerprint density at radius 2 is 1.00 bits per heavy atom. The van der Waals surface area contributed by atoms with E-state index in [-0.39, 0.29) is 52.9 Å². The zero-order valence-corrected chi connectivity index (χ0v) is 72.1. The lowest BCUT2D eigenvalue weighted by Crippen LogP contribution is -2.62. The molecule has 676 valence electrons. The van der Waals surface area contributed by atoms with Gasteiger partial charge in [-0.15, -0.1) is 0 Å². The van der Waals surface area contributed by atoms with E-state index in [1.807, 2.05) is 0 Å². The Hall–Kier alpha value is -12.4. The molecule has 0 unspecified atom stereocenters. The van der Waals surface area contributed by atoms with Gasteiger partial charge in [0.25, 0.3) is 0 Å². The molecule has 0 aliphatic carbocycles. The van der Waals surface area contributed by atoms with E-state index in [1.54, 1.807) is 78.9 Å². The number of phenols is 1. The molecule has 6 rings (SSSR count). The van der Waals surface area contributed by atoms with Gasteiger partial charge in [-0.05, 0) is 95.3 Å². The van der Waals surface area contributed by atoms with Gasteiger partial charge in [0.15, 0.2) is 0 Å². The van der Waals surface area contributed by atoms with Crippen LogP contribution in [0.4, 0.5) is 0 Å². The van der Waals surface area contributed by atoms with Crippen molar-refractivity contribution < 1.29 is 112 Å². The molecule has 2 bridgehead atoms. The minimum atomic E-state index is -2.19. The van der Waals surface area contributed by atoms with Crippen LogP contribution in [0.5, 0.6) is 5.75 Å². The van der Waals surface area contributed by atoms with Crippen LogP contribution in [-0.2, 0) is 123 Å². The molecule has 125 heavy (non-hydrogen) atoms. The molecule has 14 atom stereocenters. The molecule has 14 amide bonds. The van der Waals surface area contributed by atoms with Crippen LogP contribution in [0.3, 0.4) is 0 Å². The molecular weight excluding hydrogens is 1690 g/mol. The number of hydrogen-bond acceptors (Lipinski definition) is 24. The molecule has 5 aromatic carbocycles. The molecule has 1 heterocycles. The molecule has 0 radical (unpaired) electrons. The van der Waals surface area contributed by atoms with Crippen molar-refractivity contribution in [3.05, 3.63) is 149 Å². The van der Waals surface area contributed by atoms with Crippen LogP contribution in [0.1, 0.15) is 113 Å². The van der Waals surface area contributed by atoms with Crippen molar-refractivity contribution in [1.29, 1.82) is 0 Å². The minimum Gasteiger partial charge on any atom is -0.508 e. The third-order valence-electron chi connectivity index (χ3n) is 19.4. The maximum atomic E-state index is 15.2. The van der Waals surface area contributed by atoms with E-state index in [0.717, 1.165) is 40.7 Å². The number of nitrogens with one attached hydrogen (secondary N) is 13. The molecule has 42 heteroatoms. The van der Waals surface area contributed by atoms with Gasteiger partial charge >= 0.3 is 23.9 Å². The van der Waals surface area contributed by atoms with Crippen molar-refractivity contribution >= 4 is 153 Å². The van der Waals surface area contributed by atoms with E-state index in [9.17, 15) is 107 Å². The summed E-state index contributed by atoms with van der Waals surface area (Å²) in [5.74, 6) is -21.8. The van der Waals surface area contributed by atoms with E-state index >= 15 is 4.79 Å². The normalized spacial score (nSPS) is 20.2. The second-order valence-electron chi connectivity index (χ2n) is 30.9. The average Bonchev–Trinajstić information content (AvgIpc) is 0.840. The molecule has 0 spiro atoms. The van der Waals surface area contributed by atoms with Gasteiger partial charge in [0.1, 0.15) is 78.3 Å². The van der Waals surface area contributed by atoms with Crippen molar-refractivity contribution in [2.24, 2.45) is 22.6 Å². The number of hydrogen-bond donors (Lipinski definition) is 21. The summed E-state index contributed by atoms with van der Waals surface area (Å²) in [6.45, 7) is 8.60. The Morgan fingerprint density at radius 3 is 1.55 bits per heavy atom. The molecule has 1 aliphatic heterocycles. The lowest BCUT2D eigenvalue weighted by molar-refractivity contribution is -0.142. The number of nitrogens with two attached hydrogens (primary N) is 3. The Balaban J connectivity index is 1.49. The summed E-state index contributed by atoms with van der Waals surface area (Å²) in [5, 5.41) is 84.0. The van der Waals surface area contributed by atoms with Crippen LogP contribution in [0.25, 0.3) is 10.8 Å². The molecule has 0 saturated carbocycles. The van der Waals surface area contributed by atoms with Crippen LogP contribution in [0.2, 0.25) is 0 Å². The number of aromatic hydroxyl groups is 1. The number of aliphatic carboxylic acids is 4. The highest BCUT2D eigenvalue weighted by atomic mass is 32.2. The number of thioether (sulfide) groups is 3. The van der Waals surface area contributed by atoms with Gasteiger partial charge in [-0.25, -0.2) is 0 Å². The first-order valence-corrected chi connectivity index (χ1v) is 43.1. The fourth-order valence-corrected chi connectivity index (χ4v) is 15.7. The molecular formula is C83H108N16O23S3. The summed E-state index contributed by atoms with van der Waals surface area (Å²) in [6, 6.07) is 7.74. The number of rotatable bonds is 32. The number of amides is 14. The number of carbonyl (C=O) groups excluding carboxylic acids is 14. The number of carboxylic acid groups (broad SMARTS) is 4. The molecule has 0 aromatic heterocycles. The van der Waals surface area contributed by atoms with Gasteiger partial charge in [0, 0.05) is 73.7 Å². The molecule has 0 saturated heterocycles. The largest absolute Gasteiger partial charge is 0.508 e. The van der Waals surface area contributed by atoms with Gasteiger partial charge in [-0.1, -0.05) is 124 Å². The summed E-state index contributed by atoms with van der Waals surface area (Å²) in [7, 11) is 1.36. The summed E-state index contributed by atoms with van der Waals surface area (Å²) >= 11 is 3.22. The standard InChI is InChI=1S/C83H108N16O23S3/c1-42(84)70(110)97-62(80(120)88-43(2)71(111)87-7)40-124-37-48-28-47-29-49(30-48)38-125-41-63(98-72(112)44(3)89-75(115)58(91-73(113)54(85)24-26-64(101)102)33-51-18-13-17-50-16-11-12-19-53(50)51)81(121)90-55(25-27-65(103)104)74(114)94-59(34-66(105)106)78(118)93-56(31-45-14-9-8-10-15-45)76(116)92-57(32-46-20-22-52(100)23-21-46)77(117)95-60(35-67(107)108)79(119)99-68(83(4,5)6)82(122)96-61(69(86)109)39-123-36-47/h8-23,28-30,42-44,54-63,68,100H,24-27,31-41,84-85H2,1-7H3,(H2,86,109)(H,87,111)(H,88,120)(H,89,115)(H,90,121)(H,91,113)(H,92,116)(H,93,118)(H,94,114)(H,95,117)(H,96,122)(H,97,110)(H,98,112)(H,99,119)(H,101,102)(H,103,104)(H,105,106)(H,107,108)/t42-,43+,44+,54-,55-,56-,57-,58-,59-,60-,61-,62-,63+,68+/m0/s1. The zero-order valence-electron chi connectivity index (χ0n) is 69.7. The third kappa shape index (κ3) is 34.0. The van der Waals surface area contributed by atoms with E-state index in [4.69, 9.17) is 17.2 Å². The number of carboxylic acids is 4. The monoisotopic (exact) mass is 1790 g/mol. The summed E-state index contributed by atoms with van der Waals surface area (Å²) in [5.41, 5.74) is 19.4. The Kier molecular flexibility index (Phi) is 39.9. The molecule has 24 N–H and O–H groups in total. The number of carbonyl (C=O) groups is 18. The minimum absolute atomic E-state index is 0.0318. The van der Waals surface area contributed by atoms with Crippen molar-refractivity contribution in [2.75, 3.05) is 24.3 Å². The fraction of sp³-hybridized carbons (Fsp3) is 0.446. The third-order valence-corrected chi connectivity index (χ3v) is 22.8. The highest BCUT2D eigenvalue weighted by Crippen LogP contribution is 2.27. The first-order valence-electron chi connectivity index (χ1n) is 39.7. The Bertz CT molecular complexity index is 4730. The van der Waals surface area contributed by atoms with Crippen LogP contribution in [-0.4, -0.2) is 241 Å². The molecule has 0 fully saturated rings. The second-order valence-corrected chi connectivity index (χ2v) is 34.0. The Labute approximate surface area is 732 Å². The summed E-state index contributed by atoms with van der Waals surface area (Å²) < 4.78 is 0. The predicted molar refractivity (Wildman–Crippen MR) is 462 cm³/mol. The van der Waals surface area contributed by atoms with E-state index in [0.29, 0.717) is 33.2 Å². The van der Waals surface area contributed by atoms with Gasteiger partial charge in [-0.2, -0.15) is 35.3 Å². The summed E-state index contributed by atoms with van der Waals surface area (Å²) in [4.78, 5) is 249. The first kappa shape index (κ1) is 101. The highest BCUT2D eigenvalue weighted by Gasteiger charge is 2.41. The zero-order chi connectivity index (χ0) is 92.5. The molecule has 1 aliphatic rings. The maximum Gasteiger partial charge on any atom is 0.305 e. The van der Waals surface area contributed by atoms with Gasteiger partial charge in [0.2, 0.25) is 82.7 Å². The topological polar surface area (TPSA) is 643 Å². The Morgan fingerprint density at radius 1 is 0.504 bits per heavy atom. The van der Waals surface area contributed by atoms with E-state index in [2.05, 4.69) is 69.1 Å². The quantitative estimate of drug-likeness (QED) is 0.0232. The van der Waals surface area contributed by atoms with Gasteiger partial charge in [0.05, 0.1) is 24.9 Å². The summed E-state index contributed by atoms with van der Waals surface area (Å²) in [6.07, 6.45) is -6.05. The van der Waals surface area contributed by atoms with Gasteiger partial charge in [-0.3, -0.25) is 86.3 Å². The number of fused-ring (bicyclic) bond motifs is 3. The number of primary amides is 1. The van der Waals surface area contributed by atoms with Crippen molar-refractivity contribution in [3.8, 4) is 5.75 Å². The number of likely N-dealkylation sites (N-methyl/N-ethyl adjacent to an activating group) is 1. The van der Waals surface area contributed by atoms with Crippen LogP contribution < -0.4 is 86.3 Å². The van der Waals surface area contributed by atoms with E-state index in [1.165, 1.54) is 85.0 Å². The van der Waals surface area contributed by atoms with Crippen LogP contribution >= 0.6 is 35.3 Å². The number of phenolic OH excluding ortho intramolecular Hbond substituents is 1. The first-order chi connectivity index (χ1) is 59.0. The van der Waals surface area contributed by atoms with Crippen LogP contribution in [0, 0.1) is 5.41 Å². The molecule has 39 nitrogen and oxygen atoms in total. The van der Waals surface area contributed by atoms with Crippen molar-refractivity contribution in [2.45, 2.75) is 201 Å². The number of benzene rings is 5. The lowest BCUT2D eigenvalue weighted by Gasteiger charge is -2.33. The fourth-order valence-electron chi connectivity index (χ4n) is 12.7. The van der Waals surface area contributed by atoms with Crippen molar-refractivity contribution in [3.63, 3.8) is 0 Å². The lowest BCUT2D eigenvalue weighted by atomic mass is 9.85. The predicted octanol–water partition coefficient (Wildman–Crippen LogP) is -1.53. The maximum absolute atomic E-state index is 15.2. The molecule has 5 aromatic rings. The SMILES string of the molecule is CNC(=O)[C@@H](C)NC(=O)[C@H](CSCc1cc2cc(c1)CSC[C@@H](NC(=O)[C@@H](C)NC(=O)[C@H](Cc1cccc3ccccc13)NC(=O)[C@@H](N)CCC(=O)O)C(=O)N[C@@H](CCC(=O)O)C(=O)N[C@@H](CC(=O)O)C(=O)N[C@@H](Cc1ccccc1)C(=O)N[C@@H](Cc1ccc(O)cc1)C(=O)N[C@@H](CC(=O)O)C(=O)N[C@@H](C(C)(C)C)C(=O)N[C@H](C(N)=O)CSC2)NC(=O)[C@H](C)N. The second kappa shape index (κ2) is 49.2. The van der Waals surface area contributed by atoms with E-state index < -0.39 is 247 Å². The van der Waals surface area contributed by atoms with Crippen molar-refractivity contribution in [1.82, 2.24) is 69.1 Å². The van der Waals surface area contributed by atoms with Gasteiger partial charge < -0.3 is 112 Å². The van der Waals surface area contributed by atoms with Crippen LogP contribution in [0.15, 0.2) is 115 Å².